The molecule has 0 aromatic heterocycles. The van der Waals surface area contributed by atoms with Crippen LogP contribution >= 0.6 is 0 Å². The number of rotatable bonds is 5. The number of ether oxygens (including phenoxy) is 3. The number of benzene rings is 1. The zero-order chi connectivity index (χ0) is 25.0. The van der Waals surface area contributed by atoms with Gasteiger partial charge in [-0.25, -0.2) is 4.79 Å². The van der Waals surface area contributed by atoms with E-state index < -0.39 is 29.4 Å². The Hall–Kier alpha value is -1.51. The zero-order valence-electron chi connectivity index (χ0n) is 21.5. The molecule has 6 fully saturated rings. The van der Waals surface area contributed by atoms with Gasteiger partial charge in [0.2, 0.25) is 0 Å². The lowest BCUT2D eigenvalue weighted by Gasteiger charge is -2.67. The van der Waals surface area contributed by atoms with Crippen molar-refractivity contribution in [2.75, 3.05) is 27.3 Å². The van der Waals surface area contributed by atoms with Gasteiger partial charge < -0.3 is 24.4 Å². The number of nitrogens with zero attached hydrogens (tertiary/aromatic N) is 1. The number of esters is 1. The fourth-order valence-corrected chi connectivity index (χ4v) is 10.8. The fourth-order valence-electron chi connectivity index (χ4n) is 10.8. The molecule has 2 N–H and O–H groups in total. The van der Waals surface area contributed by atoms with E-state index in [1.807, 2.05) is 25.3 Å². The maximum Gasteiger partial charge on any atom is 0.338 e. The summed E-state index contributed by atoms with van der Waals surface area (Å²) in [5.74, 6) is 0.301. The molecule has 1 aromatic carbocycles. The van der Waals surface area contributed by atoms with Crippen molar-refractivity contribution in [2.45, 2.75) is 74.6 Å². The SMILES string of the molecule is CCN1C[C@@H]2CC[C@H](OC)[C@]34C1[C@@H](C[C@H]23)[C@@]1(O)C[C@H](OC)[C@@]2(O)C[C@@H]4[C@@H]1[C@H]2OC(=O)c1ccccc1. The van der Waals surface area contributed by atoms with Gasteiger partial charge >= 0.3 is 5.97 Å². The lowest BCUT2D eigenvalue weighted by molar-refractivity contribution is -0.271. The molecular formula is C29H39NO6. The van der Waals surface area contributed by atoms with Gasteiger partial charge in [0.05, 0.1) is 23.4 Å². The van der Waals surface area contributed by atoms with Crippen LogP contribution in [0.4, 0.5) is 0 Å². The number of hydrogen-bond donors (Lipinski definition) is 2. The molecule has 6 aliphatic rings. The van der Waals surface area contributed by atoms with E-state index in [0.29, 0.717) is 30.2 Å². The van der Waals surface area contributed by atoms with Gasteiger partial charge in [-0.05, 0) is 62.1 Å². The molecule has 1 spiro atoms. The summed E-state index contributed by atoms with van der Waals surface area (Å²) in [6.07, 6.45) is 2.65. The first-order valence-electron chi connectivity index (χ1n) is 13.8. The summed E-state index contributed by atoms with van der Waals surface area (Å²) in [5.41, 5.74) is -2.10. The summed E-state index contributed by atoms with van der Waals surface area (Å²) in [7, 11) is 3.44. The van der Waals surface area contributed by atoms with Crippen LogP contribution in [0.2, 0.25) is 0 Å². The number of likely N-dealkylation sites (tertiary alicyclic amines) is 1. The highest BCUT2D eigenvalue weighted by Gasteiger charge is 2.84. The normalized spacial score (nSPS) is 52.3. The Morgan fingerprint density at radius 1 is 1.00 bits per heavy atom. The second-order valence-electron chi connectivity index (χ2n) is 12.5. The van der Waals surface area contributed by atoms with E-state index >= 15 is 0 Å². The molecule has 1 aliphatic heterocycles. The van der Waals surface area contributed by atoms with E-state index in [-0.39, 0.29) is 35.3 Å². The summed E-state index contributed by atoms with van der Waals surface area (Å²) >= 11 is 0. The fraction of sp³-hybridized carbons (Fsp3) is 0.759. The number of aliphatic hydroxyl groups is 2. The van der Waals surface area contributed by atoms with Crippen molar-refractivity contribution in [3.8, 4) is 0 Å². The quantitative estimate of drug-likeness (QED) is 0.605. The third-order valence-electron chi connectivity index (χ3n) is 11.8. The van der Waals surface area contributed by atoms with E-state index in [0.717, 1.165) is 32.4 Å². The molecule has 36 heavy (non-hydrogen) atoms. The van der Waals surface area contributed by atoms with Crippen LogP contribution in [-0.4, -0.2) is 83.9 Å². The molecule has 1 saturated heterocycles. The Bertz CT molecular complexity index is 1050. The van der Waals surface area contributed by atoms with Gasteiger partial charge in [0.15, 0.2) is 0 Å². The van der Waals surface area contributed by atoms with Gasteiger partial charge in [-0.1, -0.05) is 25.1 Å². The van der Waals surface area contributed by atoms with Crippen molar-refractivity contribution in [1.29, 1.82) is 0 Å². The lowest BCUT2D eigenvalue weighted by Crippen LogP contribution is -2.75. The van der Waals surface area contributed by atoms with Crippen LogP contribution in [0.3, 0.4) is 0 Å². The highest BCUT2D eigenvalue weighted by Crippen LogP contribution is 2.77. The number of hydrogen-bond acceptors (Lipinski definition) is 7. The summed E-state index contributed by atoms with van der Waals surface area (Å²) in [4.78, 5) is 15.9. The van der Waals surface area contributed by atoms with Crippen molar-refractivity contribution >= 4 is 5.97 Å². The summed E-state index contributed by atoms with van der Waals surface area (Å²) in [5, 5.41) is 25.0. The monoisotopic (exact) mass is 497 g/mol. The number of fused-ring (bicyclic) bond motifs is 2. The van der Waals surface area contributed by atoms with Crippen molar-refractivity contribution < 1.29 is 29.2 Å². The van der Waals surface area contributed by atoms with Crippen LogP contribution in [0.25, 0.3) is 0 Å². The van der Waals surface area contributed by atoms with Gasteiger partial charge in [-0.2, -0.15) is 0 Å². The molecule has 7 nitrogen and oxygen atoms in total. The molecule has 5 aliphatic carbocycles. The minimum Gasteiger partial charge on any atom is -0.455 e. The Labute approximate surface area is 213 Å². The Morgan fingerprint density at radius 3 is 2.44 bits per heavy atom. The third kappa shape index (κ3) is 2.59. The Kier molecular flexibility index (Phi) is 5.09. The molecule has 196 valence electrons. The predicted molar refractivity (Wildman–Crippen MR) is 131 cm³/mol. The van der Waals surface area contributed by atoms with Gasteiger partial charge in [-0.3, -0.25) is 4.90 Å². The van der Waals surface area contributed by atoms with Crippen molar-refractivity contribution in [1.82, 2.24) is 4.90 Å². The molecule has 7 heteroatoms. The van der Waals surface area contributed by atoms with Crippen LogP contribution in [-0.2, 0) is 14.2 Å². The molecule has 7 bridgehead atoms. The maximum absolute atomic E-state index is 13.3. The van der Waals surface area contributed by atoms with Crippen molar-refractivity contribution in [3.63, 3.8) is 0 Å². The summed E-state index contributed by atoms with van der Waals surface area (Å²) < 4.78 is 18.4. The van der Waals surface area contributed by atoms with E-state index in [4.69, 9.17) is 14.2 Å². The van der Waals surface area contributed by atoms with E-state index in [2.05, 4.69) is 11.8 Å². The molecule has 0 radical (unpaired) electrons. The standard InChI is InChI=1S/C29H39NO6/c1-4-30-15-17-10-11-21(34-2)29-18(17)12-19(24(29)30)27(32)14-22(35-3)28(33)13-20(29)23(27)25(28)36-26(31)16-8-6-5-7-9-16/h5-9,17-25,32-33H,4,10-15H2,1-3H3/t17-,18+,19+,20+,21-,22-,23+,24?,25+,27-,28-,29-/m0/s1. The molecule has 1 aromatic rings. The summed E-state index contributed by atoms with van der Waals surface area (Å²) in [6.45, 7) is 4.25. The van der Waals surface area contributed by atoms with Crippen LogP contribution in [0.5, 0.6) is 0 Å². The van der Waals surface area contributed by atoms with E-state index in [9.17, 15) is 15.0 Å². The maximum atomic E-state index is 13.3. The van der Waals surface area contributed by atoms with E-state index in [1.54, 1.807) is 19.2 Å². The average molecular weight is 498 g/mol. The number of carbonyl (C=O) groups is 1. The minimum absolute atomic E-state index is 0.00271. The first-order valence-corrected chi connectivity index (χ1v) is 13.8. The lowest BCUT2D eigenvalue weighted by atomic mass is 9.46. The summed E-state index contributed by atoms with van der Waals surface area (Å²) in [6, 6.07) is 9.17. The van der Waals surface area contributed by atoms with Gasteiger partial charge in [-0.15, -0.1) is 0 Å². The third-order valence-corrected chi connectivity index (χ3v) is 11.8. The topological polar surface area (TPSA) is 88.5 Å². The number of carbonyl (C=O) groups excluding carboxylic acids is 1. The molecule has 0 amide bonds. The second kappa shape index (κ2) is 7.76. The minimum atomic E-state index is -1.34. The molecule has 7 rings (SSSR count). The van der Waals surface area contributed by atoms with Crippen LogP contribution in [0, 0.1) is 35.0 Å². The number of methoxy groups -OCH3 is 2. The molecule has 5 saturated carbocycles. The smallest absolute Gasteiger partial charge is 0.338 e. The first-order chi connectivity index (χ1) is 17.3. The average Bonchev–Trinajstić information content (AvgIpc) is 3.27. The Balaban J connectivity index is 1.39. The highest BCUT2D eigenvalue weighted by atomic mass is 16.6. The molecule has 1 unspecified atom stereocenters. The highest BCUT2D eigenvalue weighted by molar-refractivity contribution is 5.89. The second-order valence-corrected chi connectivity index (χ2v) is 12.5. The number of piperidine rings is 1. The van der Waals surface area contributed by atoms with Gasteiger partial charge in [0.1, 0.15) is 11.7 Å². The molecular weight excluding hydrogens is 458 g/mol. The van der Waals surface area contributed by atoms with Gasteiger partial charge in [0.25, 0.3) is 0 Å². The largest absolute Gasteiger partial charge is 0.455 e. The van der Waals surface area contributed by atoms with Crippen molar-refractivity contribution in [2.24, 2.45) is 35.0 Å². The van der Waals surface area contributed by atoms with Crippen LogP contribution in [0.15, 0.2) is 30.3 Å². The van der Waals surface area contributed by atoms with E-state index in [1.165, 1.54) is 0 Å². The molecule has 12 atom stereocenters. The van der Waals surface area contributed by atoms with Gasteiger partial charge in [0, 0.05) is 50.5 Å². The van der Waals surface area contributed by atoms with Crippen LogP contribution in [0.1, 0.15) is 49.4 Å². The molecule has 1 heterocycles. The van der Waals surface area contributed by atoms with Crippen LogP contribution < -0.4 is 0 Å². The first kappa shape index (κ1) is 23.6. The predicted octanol–water partition coefficient (Wildman–Crippen LogP) is 2.49. The zero-order valence-corrected chi connectivity index (χ0v) is 21.5. The van der Waals surface area contributed by atoms with Crippen molar-refractivity contribution in [3.05, 3.63) is 35.9 Å². The Morgan fingerprint density at radius 2 is 1.75 bits per heavy atom.